The Labute approximate surface area is 243 Å². The quantitative estimate of drug-likeness (QED) is 0.109. The number of amides is 3. The maximum absolute atomic E-state index is 12.6. The van der Waals surface area contributed by atoms with Crippen molar-refractivity contribution in [1.82, 2.24) is 16.0 Å². The molecule has 15 nitrogen and oxygen atoms in total. The number of ether oxygens (including phenoxy) is 2. The molecule has 1 unspecified atom stereocenters. The fraction of sp³-hybridized carbons (Fsp3) is 0.556. The third-order valence-corrected chi connectivity index (χ3v) is 6.06. The van der Waals surface area contributed by atoms with E-state index in [1.807, 2.05) is 6.92 Å². The molecule has 0 radical (unpaired) electrons. The molecule has 0 aromatic heterocycles. The molecule has 0 fully saturated rings. The summed E-state index contributed by atoms with van der Waals surface area (Å²) < 4.78 is 10.7. The number of hydrogen-bond acceptors (Lipinski definition) is 9. The molecule has 1 rings (SSSR count). The molecule has 0 spiro atoms. The topological polar surface area (TPSA) is 244 Å². The Bertz CT molecular complexity index is 1080. The highest BCUT2D eigenvalue weighted by molar-refractivity contribution is 5.89. The van der Waals surface area contributed by atoms with Gasteiger partial charge in [0.25, 0.3) is 0 Å². The van der Waals surface area contributed by atoms with Gasteiger partial charge in [-0.2, -0.15) is 0 Å². The van der Waals surface area contributed by atoms with Crippen LogP contribution in [0.5, 0.6) is 5.75 Å². The first kappa shape index (κ1) is 35.6. The third kappa shape index (κ3) is 13.3. The van der Waals surface area contributed by atoms with E-state index in [1.54, 1.807) is 24.3 Å². The van der Waals surface area contributed by atoms with Crippen LogP contribution in [0.4, 0.5) is 4.79 Å². The molecule has 0 heterocycles. The Morgan fingerprint density at radius 3 is 2.05 bits per heavy atom. The van der Waals surface area contributed by atoms with Crippen LogP contribution < -0.4 is 26.4 Å². The van der Waals surface area contributed by atoms with E-state index >= 15 is 0 Å². The van der Waals surface area contributed by atoms with Crippen molar-refractivity contribution in [3.05, 3.63) is 29.8 Å². The van der Waals surface area contributed by atoms with Gasteiger partial charge >= 0.3 is 24.0 Å². The zero-order chi connectivity index (χ0) is 31.8. The van der Waals surface area contributed by atoms with Gasteiger partial charge in [0.2, 0.25) is 11.8 Å². The van der Waals surface area contributed by atoms with Crippen molar-refractivity contribution in [1.29, 1.82) is 0 Å². The van der Waals surface area contributed by atoms with Crippen LogP contribution in [0, 0.1) is 0 Å². The summed E-state index contributed by atoms with van der Waals surface area (Å²) in [7, 11) is 0. The van der Waals surface area contributed by atoms with E-state index in [9.17, 15) is 33.9 Å². The lowest BCUT2D eigenvalue weighted by Gasteiger charge is -2.24. The molecule has 3 amide bonds. The monoisotopic (exact) mass is 596 g/mol. The predicted octanol–water partition coefficient (Wildman–Crippen LogP) is 0.632. The van der Waals surface area contributed by atoms with Crippen molar-refractivity contribution in [3.8, 4) is 5.75 Å². The van der Waals surface area contributed by atoms with Crippen LogP contribution in [0.2, 0.25) is 0 Å². The third-order valence-electron chi connectivity index (χ3n) is 6.06. The largest absolute Gasteiger partial charge is 0.494 e. The van der Waals surface area contributed by atoms with Gasteiger partial charge in [-0.05, 0) is 57.2 Å². The molecule has 5 atom stereocenters. The van der Waals surface area contributed by atoms with Crippen LogP contribution in [-0.2, 0) is 35.1 Å². The van der Waals surface area contributed by atoms with E-state index in [0.717, 1.165) is 12.8 Å². The summed E-state index contributed by atoms with van der Waals surface area (Å²) in [5.41, 5.74) is 6.05. The molecule has 234 valence electrons. The normalized spacial score (nSPS) is 14.3. The number of unbranched alkanes of at least 4 members (excludes halogenated alkanes) is 1. The van der Waals surface area contributed by atoms with Crippen LogP contribution in [0.25, 0.3) is 0 Å². The lowest BCUT2D eigenvalue weighted by molar-refractivity contribution is -0.144. The zero-order valence-corrected chi connectivity index (χ0v) is 23.8. The first-order chi connectivity index (χ1) is 19.7. The van der Waals surface area contributed by atoms with E-state index in [-0.39, 0.29) is 25.7 Å². The molecule has 0 saturated heterocycles. The van der Waals surface area contributed by atoms with Crippen LogP contribution >= 0.6 is 0 Å². The number of carboxylic acid groups (broad SMARTS) is 3. The average Bonchev–Trinajstić information content (AvgIpc) is 2.91. The minimum Gasteiger partial charge on any atom is -0.494 e. The van der Waals surface area contributed by atoms with Crippen molar-refractivity contribution in [3.63, 3.8) is 0 Å². The van der Waals surface area contributed by atoms with Gasteiger partial charge in [0.15, 0.2) is 6.04 Å². The van der Waals surface area contributed by atoms with Crippen molar-refractivity contribution in [2.75, 3.05) is 6.61 Å². The number of carbonyl (C=O) groups excluding carboxylic acids is 3. The van der Waals surface area contributed by atoms with Crippen LogP contribution in [-0.4, -0.2) is 88.0 Å². The Balaban J connectivity index is 2.80. The number of hydrogen-bond donors (Lipinski definition) is 7. The highest BCUT2D eigenvalue weighted by Crippen LogP contribution is 2.14. The fourth-order valence-electron chi connectivity index (χ4n) is 3.55. The highest BCUT2D eigenvalue weighted by Gasteiger charge is 2.31. The maximum Gasteiger partial charge on any atom is 0.408 e. The summed E-state index contributed by atoms with van der Waals surface area (Å²) in [4.78, 5) is 71.6. The lowest BCUT2D eigenvalue weighted by Crippen LogP contribution is -2.53. The Morgan fingerprint density at radius 2 is 1.50 bits per heavy atom. The summed E-state index contributed by atoms with van der Waals surface area (Å²) in [5, 5.41) is 34.3. The molecule has 0 aliphatic rings. The van der Waals surface area contributed by atoms with Gasteiger partial charge in [-0.25, -0.2) is 9.59 Å². The number of nitrogens with two attached hydrogens (primary N) is 1. The van der Waals surface area contributed by atoms with E-state index in [4.69, 9.17) is 25.4 Å². The van der Waals surface area contributed by atoms with Crippen LogP contribution in [0.1, 0.15) is 58.4 Å². The fourth-order valence-corrected chi connectivity index (χ4v) is 3.55. The summed E-state index contributed by atoms with van der Waals surface area (Å²) in [6.07, 6.45) is -0.956. The van der Waals surface area contributed by atoms with Crippen molar-refractivity contribution in [2.24, 2.45) is 5.73 Å². The van der Waals surface area contributed by atoms with Gasteiger partial charge in [-0.1, -0.05) is 25.5 Å². The molecule has 42 heavy (non-hydrogen) atoms. The van der Waals surface area contributed by atoms with Gasteiger partial charge in [0, 0.05) is 0 Å². The van der Waals surface area contributed by atoms with Crippen LogP contribution in [0.3, 0.4) is 0 Å². The Hall–Kier alpha value is -4.40. The molecule has 0 bridgehead atoms. The van der Waals surface area contributed by atoms with Gasteiger partial charge in [-0.15, -0.1) is 0 Å². The molecule has 1 aromatic rings. The molecular weight excluding hydrogens is 556 g/mol. The maximum atomic E-state index is 12.6. The summed E-state index contributed by atoms with van der Waals surface area (Å²) in [6.45, 7) is 5.04. The molecule has 0 aliphatic heterocycles. The average molecular weight is 597 g/mol. The molecular formula is C27H40N4O11. The molecule has 8 N–H and O–H groups in total. The molecule has 0 aliphatic carbocycles. The first-order valence-corrected chi connectivity index (χ1v) is 13.5. The summed E-state index contributed by atoms with van der Waals surface area (Å²) >= 11 is 0. The lowest BCUT2D eigenvalue weighted by atomic mass is 10.0. The van der Waals surface area contributed by atoms with Crippen molar-refractivity contribution < 1.29 is 53.6 Å². The van der Waals surface area contributed by atoms with Crippen molar-refractivity contribution in [2.45, 2.75) is 89.6 Å². The Kier molecular flexibility index (Phi) is 15.4. The molecule has 0 saturated carbocycles. The van der Waals surface area contributed by atoms with E-state index in [1.165, 1.54) is 13.8 Å². The van der Waals surface area contributed by atoms with Crippen molar-refractivity contribution >= 4 is 35.8 Å². The second-order valence-electron chi connectivity index (χ2n) is 9.66. The van der Waals surface area contributed by atoms with Gasteiger partial charge in [-0.3, -0.25) is 19.2 Å². The van der Waals surface area contributed by atoms with Crippen LogP contribution in [0.15, 0.2) is 24.3 Å². The number of rotatable bonds is 19. The highest BCUT2D eigenvalue weighted by atomic mass is 16.6. The number of alkyl carbamates (subject to hydrolysis) is 1. The molecule has 1 aromatic carbocycles. The number of carboxylic acids is 3. The number of carbonyl (C=O) groups is 6. The summed E-state index contributed by atoms with van der Waals surface area (Å²) in [6, 6.07) is 1.25. The number of nitrogens with one attached hydrogen (secondary N) is 3. The minimum atomic E-state index is -1.63. The SMILES string of the molecule is CCCCOc1ccc(CC(=O)N[C@@H](C(=O)O)C(C)OC(=O)N[C@@H](CCC[C@@H](N)C(=O)O)C(=O)N[C@H](C)C(=O)O)cc1. The first-order valence-electron chi connectivity index (χ1n) is 13.5. The van der Waals surface area contributed by atoms with E-state index in [2.05, 4.69) is 16.0 Å². The van der Waals surface area contributed by atoms with E-state index < -0.39 is 66.1 Å². The van der Waals surface area contributed by atoms with E-state index in [0.29, 0.717) is 17.9 Å². The minimum absolute atomic E-state index is 0.0392. The standard InChI is InChI=1S/C27H40N4O11/c1-4-5-13-41-18-11-9-17(10-12-18)14-21(32)31-22(26(38)39)16(3)42-27(40)30-20(8-6-7-19(28)25(36)37)23(33)29-15(2)24(34)35/h9-12,15-16,19-20,22H,4-8,13-14,28H2,1-3H3,(H,29,33)(H,30,40)(H,31,32)(H,34,35)(H,36,37)(H,38,39)/t15-,16?,19-,20+,22-/m1/s1. The van der Waals surface area contributed by atoms with Gasteiger partial charge in [0.1, 0.15) is 30.0 Å². The molecule has 15 heteroatoms. The summed E-state index contributed by atoms with van der Waals surface area (Å²) in [5.74, 6) is -4.96. The Morgan fingerprint density at radius 1 is 0.857 bits per heavy atom. The number of aliphatic carboxylic acids is 3. The predicted molar refractivity (Wildman–Crippen MR) is 148 cm³/mol. The zero-order valence-electron chi connectivity index (χ0n) is 23.8. The number of benzene rings is 1. The van der Waals surface area contributed by atoms with Gasteiger partial charge < -0.3 is 46.5 Å². The second-order valence-corrected chi connectivity index (χ2v) is 9.66. The van der Waals surface area contributed by atoms with Gasteiger partial charge in [0.05, 0.1) is 13.0 Å². The smallest absolute Gasteiger partial charge is 0.408 e. The second kappa shape index (κ2) is 18.1.